The minimum absolute atomic E-state index is 0.231. The van der Waals surface area contributed by atoms with Gasteiger partial charge in [-0.2, -0.15) is 0 Å². The minimum Gasteiger partial charge on any atom is -0.378 e. The topological polar surface area (TPSA) is 58.4 Å². The number of benzene rings is 1. The molecule has 6 heteroatoms. The summed E-state index contributed by atoms with van der Waals surface area (Å²) >= 11 is 0. The van der Waals surface area contributed by atoms with E-state index in [1.807, 2.05) is 0 Å². The number of nitrogens with zero attached hydrogens (tertiary/aromatic N) is 2. The average molecular weight is 283 g/mol. The van der Waals surface area contributed by atoms with Crippen molar-refractivity contribution in [3.63, 3.8) is 0 Å². The van der Waals surface area contributed by atoms with E-state index in [0.29, 0.717) is 24.3 Å². The fraction of sp³-hybridized carbons (Fsp3) is 0.571. The summed E-state index contributed by atoms with van der Waals surface area (Å²) in [7, 11) is 0. The summed E-state index contributed by atoms with van der Waals surface area (Å²) in [6, 6.07) is 4.37. The van der Waals surface area contributed by atoms with Gasteiger partial charge in [-0.3, -0.25) is 15.0 Å². The summed E-state index contributed by atoms with van der Waals surface area (Å²) in [6.07, 6.45) is 0. The third kappa shape index (κ3) is 4.45. The maximum absolute atomic E-state index is 13.0. The van der Waals surface area contributed by atoms with Crippen LogP contribution in [0.25, 0.3) is 0 Å². The van der Waals surface area contributed by atoms with Gasteiger partial charge in [-0.15, -0.1) is 0 Å². The van der Waals surface area contributed by atoms with Gasteiger partial charge in [-0.05, 0) is 39.8 Å². The van der Waals surface area contributed by atoms with Gasteiger partial charge in [-0.1, -0.05) is 0 Å². The van der Waals surface area contributed by atoms with Crippen molar-refractivity contribution in [1.29, 1.82) is 0 Å². The molecule has 112 valence electrons. The highest BCUT2D eigenvalue weighted by Crippen LogP contribution is 2.24. The first-order valence-corrected chi connectivity index (χ1v) is 6.76. The van der Waals surface area contributed by atoms with Gasteiger partial charge in [0.05, 0.1) is 11.0 Å². The molecular weight excluding hydrogens is 261 g/mol. The number of nitro groups is 1. The summed E-state index contributed by atoms with van der Waals surface area (Å²) in [4.78, 5) is 12.6. The maximum Gasteiger partial charge on any atom is 0.295 e. The Morgan fingerprint density at radius 3 is 2.40 bits per heavy atom. The van der Waals surface area contributed by atoms with Crippen LogP contribution in [0, 0.1) is 15.9 Å². The molecule has 20 heavy (non-hydrogen) atoms. The highest BCUT2D eigenvalue weighted by Gasteiger charge is 2.16. The van der Waals surface area contributed by atoms with Crippen LogP contribution < -0.4 is 5.32 Å². The van der Waals surface area contributed by atoms with Gasteiger partial charge in [-0.25, -0.2) is 4.39 Å². The van der Waals surface area contributed by atoms with E-state index in [1.165, 1.54) is 12.1 Å². The normalized spacial score (nSPS) is 11.4. The van der Waals surface area contributed by atoms with Crippen LogP contribution in [0.5, 0.6) is 0 Å². The third-order valence-corrected chi connectivity index (χ3v) is 3.17. The van der Waals surface area contributed by atoms with Crippen LogP contribution in [0.1, 0.15) is 27.7 Å². The SMILES string of the molecule is CC(C)N(CCNc1ccc(F)cc1[N+](=O)[O-])C(C)C. The summed E-state index contributed by atoms with van der Waals surface area (Å²) in [5.41, 5.74) is 0.120. The molecule has 0 unspecified atom stereocenters. The Bertz CT molecular complexity index is 456. The summed E-state index contributed by atoms with van der Waals surface area (Å²) in [5.74, 6) is -0.603. The van der Waals surface area contributed by atoms with Crippen molar-refractivity contribution in [1.82, 2.24) is 4.90 Å². The molecule has 0 spiro atoms. The van der Waals surface area contributed by atoms with Gasteiger partial charge >= 0.3 is 0 Å². The zero-order valence-corrected chi connectivity index (χ0v) is 12.4. The lowest BCUT2D eigenvalue weighted by Crippen LogP contribution is -2.40. The second-order valence-electron chi connectivity index (χ2n) is 5.27. The predicted octanol–water partition coefficient (Wildman–Crippen LogP) is 3.26. The van der Waals surface area contributed by atoms with Gasteiger partial charge in [0.25, 0.3) is 5.69 Å². The first kappa shape index (κ1) is 16.4. The van der Waals surface area contributed by atoms with Crippen molar-refractivity contribution < 1.29 is 9.31 Å². The van der Waals surface area contributed by atoms with Crippen LogP contribution >= 0.6 is 0 Å². The van der Waals surface area contributed by atoms with E-state index in [4.69, 9.17) is 0 Å². The molecule has 0 heterocycles. The Hall–Kier alpha value is -1.69. The third-order valence-electron chi connectivity index (χ3n) is 3.17. The van der Waals surface area contributed by atoms with E-state index < -0.39 is 10.7 Å². The maximum atomic E-state index is 13.0. The molecule has 5 nitrogen and oxygen atoms in total. The highest BCUT2D eigenvalue weighted by molar-refractivity contribution is 5.61. The molecule has 0 saturated heterocycles. The molecular formula is C14H22FN3O2. The number of hydrogen-bond donors (Lipinski definition) is 1. The Morgan fingerprint density at radius 2 is 1.90 bits per heavy atom. The highest BCUT2D eigenvalue weighted by atomic mass is 19.1. The molecule has 1 aromatic rings. The Kier molecular flexibility index (Phi) is 5.88. The lowest BCUT2D eigenvalue weighted by Gasteiger charge is -2.30. The van der Waals surface area contributed by atoms with E-state index in [2.05, 4.69) is 37.9 Å². The van der Waals surface area contributed by atoms with Crippen LogP contribution in [-0.2, 0) is 0 Å². The van der Waals surface area contributed by atoms with Crippen molar-refractivity contribution >= 4 is 11.4 Å². The first-order chi connectivity index (χ1) is 9.32. The zero-order valence-electron chi connectivity index (χ0n) is 12.4. The standard InChI is InChI=1S/C14H22FN3O2/c1-10(2)17(11(3)4)8-7-16-13-6-5-12(15)9-14(13)18(19)20/h5-6,9-11,16H,7-8H2,1-4H3. The van der Waals surface area contributed by atoms with Crippen LogP contribution in [-0.4, -0.2) is 35.0 Å². The van der Waals surface area contributed by atoms with Crippen molar-refractivity contribution in [3.05, 3.63) is 34.1 Å². The van der Waals surface area contributed by atoms with Crippen LogP contribution in [0.15, 0.2) is 18.2 Å². The molecule has 0 aliphatic heterocycles. The first-order valence-electron chi connectivity index (χ1n) is 6.76. The molecule has 0 aliphatic rings. The lowest BCUT2D eigenvalue weighted by molar-refractivity contribution is -0.384. The molecule has 1 rings (SSSR count). The summed E-state index contributed by atoms with van der Waals surface area (Å²) < 4.78 is 13.0. The fourth-order valence-electron chi connectivity index (χ4n) is 2.24. The summed E-state index contributed by atoms with van der Waals surface area (Å²) in [5, 5.41) is 13.9. The van der Waals surface area contributed by atoms with E-state index in [1.54, 1.807) is 0 Å². The largest absolute Gasteiger partial charge is 0.378 e. The second-order valence-corrected chi connectivity index (χ2v) is 5.27. The molecule has 1 aromatic carbocycles. The Morgan fingerprint density at radius 1 is 1.30 bits per heavy atom. The number of anilines is 1. The van der Waals surface area contributed by atoms with Crippen molar-refractivity contribution in [3.8, 4) is 0 Å². The van der Waals surface area contributed by atoms with Gasteiger partial charge < -0.3 is 5.32 Å². The number of rotatable bonds is 7. The number of nitro benzene ring substituents is 1. The van der Waals surface area contributed by atoms with E-state index >= 15 is 0 Å². The fourth-order valence-corrected chi connectivity index (χ4v) is 2.24. The van der Waals surface area contributed by atoms with Crippen LogP contribution in [0.3, 0.4) is 0 Å². The number of hydrogen-bond acceptors (Lipinski definition) is 4. The smallest absolute Gasteiger partial charge is 0.295 e. The Labute approximate surface area is 118 Å². The molecule has 0 saturated carbocycles. The van der Waals surface area contributed by atoms with Gasteiger partial charge in [0.2, 0.25) is 0 Å². The molecule has 1 N–H and O–H groups in total. The molecule has 0 aliphatic carbocycles. The van der Waals surface area contributed by atoms with Gasteiger partial charge in [0.15, 0.2) is 0 Å². The Balaban J connectivity index is 2.68. The summed E-state index contributed by atoms with van der Waals surface area (Å²) in [6.45, 7) is 9.79. The zero-order chi connectivity index (χ0) is 15.3. The molecule has 0 radical (unpaired) electrons. The monoisotopic (exact) mass is 283 g/mol. The molecule has 0 bridgehead atoms. The number of nitrogens with one attached hydrogen (secondary N) is 1. The van der Waals surface area contributed by atoms with Gasteiger partial charge in [0, 0.05) is 25.2 Å². The van der Waals surface area contributed by atoms with Crippen LogP contribution in [0.4, 0.5) is 15.8 Å². The van der Waals surface area contributed by atoms with Gasteiger partial charge in [0.1, 0.15) is 11.5 Å². The number of halogens is 1. The molecule has 0 amide bonds. The average Bonchev–Trinajstić information content (AvgIpc) is 2.34. The second kappa shape index (κ2) is 7.19. The predicted molar refractivity (Wildman–Crippen MR) is 78.5 cm³/mol. The molecule has 0 aromatic heterocycles. The minimum atomic E-state index is -0.603. The van der Waals surface area contributed by atoms with Crippen molar-refractivity contribution in [2.75, 3.05) is 18.4 Å². The molecule has 0 fully saturated rings. The van der Waals surface area contributed by atoms with Crippen molar-refractivity contribution in [2.24, 2.45) is 0 Å². The van der Waals surface area contributed by atoms with E-state index in [9.17, 15) is 14.5 Å². The lowest BCUT2D eigenvalue weighted by atomic mass is 10.2. The van der Waals surface area contributed by atoms with Crippen LogP contribution in [0.2, 0.25) is 0 Å². The van der Waals surface area contributed by atoms with Crippen molar-refractivity contribution in [2.45, 2.75) is 39.8 Å². The molecule has 0 atom stereocenters. The van der Waals surface area contributed by atoms with E-state index in [0.717, 1.165) is 12.6 Å². The quantitative estimate of drug-likeness (QED) is 0.616. The van der Waals surface area contributed by atoms with E-state index in [-0.39, 0.29) is 5.69 Å².